The molecule has 5 heteroatoms. The van der Waals surface area contributed by atoms with Crippen LogP contribution < -0.4 is 10.6 Å². The molecular weight excluding hydrogens is 340 g/mol. The Kier molecular flexibility index (Phi) is 4.75. The first-order chi connectivity index (χ1) is 13.2. The van der Waals surface area contributed by atoms with Gasteiger partial charge in [0.2, 0.25) is 11.8 Å². The van der Waals surface area contributed by atoms with Gasteiger partial charge in [0.15, 0.2) is 0 Å². The van der Waals surface area contributed by atoms with Crippen LogP contribution in [0.2, 0.25) is 0 Å². The number of allylic oxidation sites excluding steroid dienone is 1. The number of rotatable bonds is 6. The van der Waals surface area contributed by atoms with Crippen LogP contribution in [0, 0.1) is 0 Å². The van der Waals surface area contributed by atoms with Gasteiger partial charge in [-0.15, -0.1) is 0 Å². The van der Waals surface area contributed by atoms with E-state index in [1.807, 2.05) is 30.3 Å². The molecule has 0 unspecified atom stereocenters. The molecule has 0 radical (unpaired) electrons. The predicted molar refractivity (Wildman–Crippen MR) is 104 cm³/mol. The van der Waals surface area contributed by atoms with Crippen LogP contribution in [-0.2, 0) is 29.1 Å². The van der Waals surface area contributed by atoms with Crippen molar-refractivity contribution in [3.05, 3.63) is 77.1 Å². The van der Waals surface area contributed by atoms with Crippen molar-refractivity contribution >= 4 is 28.9 Å². The Balaban J connectivity index is 1.24. The van der Waals surface area contributed by atoms with E-state index in [1.54, 1.807) is 6.26 Å². The van der Waals surface area contributed by atoms with Crippen LogP contribution in [0.4, 0.5) is 0 Å². The van der Waals surface area contributed by atoms with Crippen LogP contribution in [0.1, 0.15) is 28.7 Å². The number of carbonyl (C=O) groups excluding carboxylic acids is 2. The number of hydrogen-bond donors (Lipinski definition) is 2. The van der Waals surface area contributed by atoms with Crippen molar-refractivity contribution in [2.45, 2.75) is 25.9 Å². The summed E-state index contributed by atoms with van der Waals surface area (Å²) in [4.78, 5) is 24.0. The van der Waals surface area contributed by atoms with E-state index in [2.05, 4.69) is 34.9 Å². The third-order valence-electron chi connectivity index (χ3n) is 4.66. The fourth-order valence-corrected chi connectivity index (χ4v) is 3.21. The number of benzene rings is 2. The maximum atomic E-state index is 12.0. The number of amides is 2. The van der Waals surface area contributed by atoms with Gasteiger partial charge in [-0.3, -0.25) is 9.59 Å². The molecular formula is C22H20N2O3. The average Bonchev–Trinajstić information content (AvgIpc) is 3.32. The largest absolute Gasteiger partial charge is 0.464 e. The first-order valence-corrected chi connectivity index (χ1v) is 8.95. The second-order valence-electron chi connectivity index (χ2n) is 6.66. The minimum atomic E-state index is -0.295. The summed E-state index contributed by atoms with van der Waals surface area (Å²) in [5, 5.41) is 6.57. The van der Waals surface area contributed by atoms with Crippen LogP contribution >= 0.6 is 0 Å². The highest BCUT2D eigenvalue weighted by Gasteiger charge is 2.10. The molecule has 27 heavy (non-hydrogen) atoms. The molecule has 1 aliphatic carbocycles. The highest BCUT2D eigenvalue weighted by Crippen LogP contribution is 2.20. The maximum absolute atomic E-state index is 12.0. The molecule has 1 heterocycles. The molecule has 0 saturated carbocycles. The summed E-state index contributed by atoms with van der Waals surface area (Å²) in [5.41, 5.74) is 5.31. The van der Waals surface area contributed by atoms with Gasteiger partial charge in [-0.05, 0) is 52.9 Å². The van der Waals surface area contributed by atoms with Crippen molar-refractivity contribution < 1.29 is 14.0 Å². The first kappa shape index (κ1) is 17.1. The molecule has 0 bridgehead atoms. The van der Waals surface area contributed by atoms with Gasteiger partial charge in [0, 0.05) is 18.5 Å². The zero-order valence-electron chi connectivity index (χ0n) is 14.8. The summed E-state index contributed by atoms with van der Waals surface area (Å²) >= 11 is 0. The molecule has 5 nitrogen and oxygen atoms in total. The van der Waals surface area contributed by atoms with Gasteiger partial charge in [-0.25, -0.2) is 0 Å². The van der Waals surface area contributed by atoms with Gasteiger partial charge in [-0.2, -0.15) is 0 Å². The second-order valence-corrected chi connectivity index (χ2v) is 6.66. The molecule has 3 aromatic rings. The second kappa shape index (κ2) is 7.50. The quantitative estimate of drug-likeness (QED) is 0.663. The molecule has 0 fully saturated rings. The van der Waals surface area contributed by atoms with E-state index >= 15 is 0 Å². The minimum Gasteiger partial charge on any atom is -0.464 e. The SMILES string of the molecule is O=C(CC(=O)NCc1ccc2occc2c1)NCc1ccc2c(c1)C=CC2. The summed E-state index contributed by atoms with van der Waals surface area (Å²) < 4.78 is 5.29. The van der Waals surface area contributed by atoms with E-state index in [4.69, 9.17) is 4.42 Å². The monoisotopic (exact) mass is 360 g/mol. The molecule has 2 aromatic carbocycles. The van der Waals surface area contributed by atoms with Crippen molar-refractivity contribution in [1.82, 2.24) is 10.6 Å². The van der Waals surface area contributed by atoms with Crippen LogP contribution in [0.3, 0.4) is 0 Å². The molecule has 2 N–H and O–H groups in total. The van der Waals surface area contributed by atoms with Gasteiger partial charge >= 0.3 is 0 Å². The number of carbonyl (C=O) groups is 2. The maximum Gasteiger partial charge on any atom is 0.229 e. The Hall–Kier alpha value is -3.34. The molecule has 4 rings (SSSR count). The zero-order valence-corrected chi connectivity index (χ0v) is 14.8. The first-order valence-electron chi connectivity index (χ1n) is 8.95. The van der Waals surface area contributed by atoms with Crippen LogP contribution in [-0.4, -0.2) is 11.8 Å². The third kappa shape index (κ3) is 4.08. The standard InChI is InChI=1S/C22H20N2O3/c25-21(23-13-15-4-6-17-2-1-3-18(17)10-15)12-22(26)24-14-16-5-7-20-19(11-16)8-9-27-20/h1,3-11H,2,12-14H2,(H,23,25)(H,24,26). The summed E-state index contributed by atoms with van der Waals surface area (Å²) in [6.07, 6.45) is 6.64. The lowest BCUT2D eigenvalue weighted by atomic mass is 10.1. The lowest BCUT2D eigenvalue weighted by Gasteiger charge is -2.08. The number of furan rings is 1. The lowest BCUT2D eigenvalue weighted by molar-refractivity contribution is -0.129. The van der Waals surface area contributed by atoms with Crippen LogP contribution in [0.15, 0.2) is 59.2 Å². The van der Waals surface area contributed by atoms with E-state index in [1.165, 1.54) is 11.1 Å². The topological polar surface area (TPSA) is 71.3 Å². The van der Waals surface area contributed by atoms with E-state index < -0.39 is 0 Å². The van der Waals surface area contributed by atoms with E-state index in [9.17, 15) is 9.59 Å². The molecule has 0 spiro atoms. The van der Waals surface area contributed by atoms with Gasteiger partial charge in [0.1, 0.15) is 12.0 Å². The van der Waals surface area contributed by atoms with Crippen LogP contribution in [0.25, 0.3) is 17.0 Å². The smallest absolute Gasteiger partial charge is 0.229 e. The zero-order chi connectivity index (χ0) is 18.6. The molecule has 136 valence electrons. The van der Waals surface area contributed by atoms with Gasteiger partial charge in [0.05, 0.1) is 6.26 Å². The molecule has 1 aliphatic rings. The van der Waals surface area contributed by atoms with Crippen molar-refractivity contribution in [3.63, 3.8) is 0 Å². The highest BCUT2D eigenvalue weighted by molar-refractivity contribution is 5.96. The van der Waals surface area contributed by atoms with Gasteiger partial charge in [-0.1, -0.05) is 30.4 Å². The summed E-state index contributed by atoms with van der Waals surface area (Å²) in [7, 11) is 0. The normalized spacial score (nSPS) is 12.1. The molecule has 2 amide bonds. The molecule has 0 atom stereocenters. The van der Waals surface area contributed by atoms with E-state index in [0.29, 0.717) is 13.1 Å². The minimum absolute atomic E-state index is 0.182. The van der Waals surface area contributed by atoms with E-state index in [-0.39, 0.29) is 18.2 Å². The van der Waals surface area contributed by atoms with E-state index in [0.717, 1.165) is 28.5 Å². The van der Waals surface area contributed by atoms with Gasteiger partial charge in [0.25, 0.3) is 0 Å². The Labute approximate surface area is 157 Å². The van der Waals surface area contributed by atoms with Gasteiger partial charge < -0.3 is 15.1 Å². The number of hydrogen-bond acceptors (Lipinski definition) is 3. The third-order valence-corrected chi connectivity index (χ3v) is 4.66. The molecule has 0 aliphatic heterocycles. The lowest BCUT2D eigenvalue weighted by Crippen LogP contribution is -2.31. The Morgan fingerprint density at radius 2 is 1.67 bits per heavy atom. The fourth-order valence-electron chi connectivity index (χ4n) is 3.21. The van der Waals surface area contributed by atoms with Crippen molar-refractivity contribution in [3.8, 4) is 0 Å². The Morgan fingerprint density at radius 1 is 0.926 bits per heavy atom. The molecule has 0 saturated heterocycles. The number of nitrogens with one attached hydrogen (secondary N) is 2. The Morgan fingerprint density at radius 3 is 2.48 bits per heavy atom. The molecule has 1 aromatic heterocycles. The average molecular weight is 360 g/mol. The van der Waals surface area contributed by atoms with Crippen LogP contribution in [0.5, 0.6) is 0 Å². The number of fused-ring (bicyclic) bond motifs is 2. The predicted octanol–water partition coefficient (Wildman–Crippen LogP) is 3.32. The highest BCUT2D eigenvalue weighted by atomic mass is 16.3. The fraction of sp³-hybridized carbons (Fsp3) is 0.182. The summed E-state index contributed by atoms with van der Waals surface area (Å²) in [6.45, 7) is 0.800. The van der Waals surface area contributed by atoms with Crippen molar-refractivity contribution in [2.75, 3.05) is 0 Å². The summed E-state index contributed by atoms with van der Waals surface area (Å²) in [5.74, 6) is -0.578. The van der Waals surface area contributed by atoms with Crippen molar-refractivity contribution in [2.24, 2.45) is 0 Å². The van der Waals surface area contributed by atoms with Crippen molar-refractivity contribution in [1.29, 1.82) is 0 Å². The Bertz CT molecular complexity index is 1030. The summed E-state index contributed by atoms with van der Waals surface area (Å²) in [6, 6.07) is 13.8.